The number of carbonyl (C=O) groups excluding carboxylic acids is 2. The maximum atomic E-state index is 13.3. The standard InChI is InChI=1S/C27H24N4O4/c1-15(2)35-18-10-8-17(9-11-18)24(32)22-23(20-6-4-5-13-28-20)31(26(34)25(22)33)27-29-19-12-7-16(3)14-21(19)30-27/h4-15,23,32H,1-3H3,(H,29,30)/b24-22+. The van der Waals surface area contributed by atoms with Crippen molar-refractivity contribution in [3.05, 3.63) is 89.3 Å². The first-order valence-electron chi connectivity index (χ1n) is 11.3. The zero-order valence-corrected chi connectivity index (χ0v) is 19.5. The maximum Gasteiger partial charge on any atom is 0.302 e. The zero-order chi connectivity index (χ0) is 24.7. The highest BCUT2D eigenvalue weighted by molar-refractivity contribution is 6.51. The summed E-state index contributed by atoms with van der Waals surface area (Å²) >= 11 is 0. The molecule has 5 rings (SSSR count). The molecule has 1 aliphatic rings. The Balaban J connectivity index is 1.65. The number of hydrogen-bond acceptors (Lipinski definition) is 6. The van der Waals surface area contributed by atoms with E-state index >= 15 is 0 Å². The molecule has 8 heteroatoms. The highest BCUT2D eigenvalue weighted by atomic mass is 16.5. The zero-order valence-electron chi connectivity index (χ0n) is 19.5. The second-order valence-corrected chi connectivity index (χ2v) is 8.70. The molecule has 0 spiro atoms. The van der Waals surface area contributed by atoms with Crippen LogP contribution >= 0.6 is 0 Å². The van der Waals surface area contributed by atoms with Crippen molar-refractivity contribution in [1.82, 2.24) is 15.0 Å². The number of ether oxygens (including phenoxy) is 1. The van der Waals surface area contributed by atoms with Crippen LogP contribution in [0.2, 0.25) is 0 Å². The van der Waals surface area contributed by atoms with Crippen LogP contribution in [0.4, 0.5) is 5.95 Å². The number of aliphatic hydroxyl groups excluding tert-OH is 1. The van der Waals surface area contributed by atoms with Gasteiger partial charge >= 0.3 is 5.91 Å². The third-order valence-electron chi connectivity index (χ3n) is 5.76. The highest BCUT2D eigenvalue weighted by Crippen LogP contribution is 2.41. The van der Waals surface area contributed by atoms with Gasteiger partial charge in [0.05, 0.1) is 28.4 Å². The molecule has 1 unspecified atom stereocenters. The van der Waals surface area contributed by atoms with E-state index in [-0.39, 0.29) is 23.4 Å². The van der Waals surface area contributed by atoms with Crippen LogP contribution in [0.15, 0.2) is 72.4 Å². The maximum absolute atomic E-state index is 13.3. The van der Waals surface area contributed by atoms with E-state index in [1.54, 1.807) is 48.7 Å². The van der Waals surface area contributed by atoms with Gasteiger partial charge in [0.15, 0.2) is 0 Å². The van der Waals surface area contributed by atoms with Crippen LogP contribution in [0.3, 0.4) is 0 Å². The van der Waals surface area contributed by atoms with Gasteiger partial charge in [-0.1, -0.05) is 12.1 Å². The molecule has 8 nitrogen and oxygen atoms in total. The number of aliphatic hydroxyl groups is 1. The van der Waals surface area contributed by atoms with Gasteiger partial charge < -0.3 is 14.8 Å². The molecule has 0 radical (unpaired) electrons. The molecule has 1 fully saturated rings. The minimum Gasteiger partial charge on any atom is -0.507 e. The lowest BCUT2D eigenvalue weighted by atomic mass is 9.98. The minimum atomic E-state index is -0.954. The molecule has 0 saturated carbocycles. The van der Waals surface area contributed by atoms with Crippen molar-refractivity contribution in [3.8, 4) is 5.75 Å². The SMILES string of the molecule is Cc1ccc2nc(N3C(=O)C(=O)/C(=C(/O)c4ccc(OC(C)C)cc4)C3c3ccccn3)[nH]c2c1. The lowest BCUT2D eigenvalue weighted by Crippen LogP contribution is -2.30. The molecule has 0 aliphatic carbocycles. The summed E-state index contributed by atoms with van der Waals surface area (Å²) in [5.41, 5.74) is 3.20. The van der Waals surface area contributed by atoms with E-state index in [1.807, 2.05) is 39.0 Å². The van der Waals surface area contributed by atoms with Crippen LogP contribution in [-0.4, -0.2) is 37.9 Å². The number of ketones is 1. The molecule has 0 bridgehead atoms. The average molecular weight is 469 g/mol. The number of aromatic nitrogens is 3. The van der Waals surface area contributed by atoms with E-state index < -0.39 is 17.7 Å². The molecule has 4 aromatic rings. The number of pyridine rings is 1. The predicted octanol–water partition coefficient (Wildman–Crippen LogP) is 4.68. The molecule has 2 N–H and O–H groups in total. The molecule has 2 aromatic carbocycles. The van der Waals surface area contributed by atoms with Gasteiger partial charge in [-0.2, -0.15) is 0 Å². The van der Waals surface area contributed by atoms with Crippen molar-refractivity contribution < 1.29 is 19.4 Å². The fourth-order valence-corrected chi connectivity index (χ4v) is 4.21. The van der Waals surface area contributed by atoms with Crippen molar-refractivity contribution in [3.63, 3.8) is 0 Å². The van der Waals surface area contributed by atoms with E-state index in [4.69, 9.17) is 4.74 Å². The molecule has 35 heavy (non-hydrogen) atoms. The summed E-state index contributed by atoms with van der Waals surface area (Å²) < 4.78 is 5.67. The van der Waals surface area contributed by atoms with Crippen LogP contribution < -0.4 is 9.64 Å². The van der Waals surface area contributed by atoms with Crippen LogP contribution in [-0.2, 0) is 9.59 Å². The number of anilines is 1. The van der Waals surface area contributed by atoms with Crippen molar-refractivity contribution in [2.45, 2.75) is 32.9 Å². The number of aryl methyl sites for hydroxylation is 1. The van der Waals surface area contributed by atoms with Crippen LogP contribution in [0, 0.1) is 6.92 Å². The number of nitrogens with one attached hydrogen (secondary N) is 1. The Labute approximate surface area is 201 Å². The number of benzene rings is 2. The van der Waals surface area contributed by atoms with E-state index in [1.165, 1.54) is 4.90 Å². The third-order valence-corrected chi connectivity index (χ3v) is 5.76. The Kier molecular flexibility index (Phi) is 5.56. The Hall–Kier alpha value is -4.46. The number of fused-ring (bicyclic) bond motifs is 1. The number of nitrogens with zero attached hydrogens (tertiary/aromatic N) is 3. The Morgan fingerprint density at radius 2 is 1.86 bits per heavy atom. The molecular formula is C27H24N4O4. The molecule has 1 saturated heterocycles. The van der Waals surface area contributed by atoms with Gasteiger partial charge in [-0.15, -0.1) is 0 Å². The molecule has 2 aromatic heterocycles. The molecular weight excluding hydrogens is 444 g/mol. The summed E-state index contributed by atoms with van der Waals surface area (Å²) in [7, 11) is 0. The van der Waals surface area contributed by atoms with Gasteiger partial charge in [-0.3, -0.25) is 19.5 Å². The fraction of sp³-hybridized carbons (Fsp3) is 0.185. The van der Waals surface area contributed by atoms with Crippen LogP contribution in [0.5, 0.6) is 5.75 Å². The van der Waals surface area contributed by atoms with E-state index in [2.05, 4.69) is 15.0 Å². The van der Waals surface area contributed by atoms with Crippen molar-refractivity contribution in [2.24, 2.45) is 0 Å². The second-order valence-electron chi connectivity index (χ2n) is 8.70. The van der Waals surface area contributed by atoms with Crippen LogP contribution in [0.1, 0.15) is 36.7 Å². The minimum absolute atomic E-state index is 0.00322. The lowest BCUT2D eigenvalue weighted by Gasteiger charge is -2.22. The van der Waals surface area contributed by atoms with Crippen molar-refractivity contribution in [1.29, 1.82) is 0 Å². The van der Waals surface area contributed by atoms with E-state index in [0.29, 0.717) is 22.5 Å². The predicted molar refractivity (Wildman–Crippen MR) is 132 cm³/mol. The lowest BCUT2D eigenvalue weighted by molar-refractivity contribution is -0.132. The van der Waals surface area contributed by atoms with E-state index in [9.17, 15) is 14.7 Å². The fourth-order valence-electron chi connectivity index (χ4n) is 4.21. The second kappa shape index (κ2) is 8.72. The Bertz CT molecular complexity index is 1460. The Morgan fingerprint density at radius 1 is 1.09 bits per heavy atom. The largest absolute Gasteiger partial charge is 0.507 e. The van der Waals surface area contributed by atoms with Crippen molar-refractivity contribution >= 4 is 34.4 Å². The van der Waals surface area contributed by atoms with Gasteiger partial charge in [0.1, 0.15) is 17.6 Å². The smallest absolute Gasteiger partial charge is 0.302 e. The quantitative estimate of drug-likeness (QED) is 0.250. The summed E-state index contributed by atoms with van der Waals surface area (Å²) in [5.74, 6) is -1.04. The van der Waals surface area contributed by atoms with Gasteiger partial charge in [0.2, 0.25) is 5.95 Å². The average Bonchev–Trinajstić information content (AvgIpc) is 3.37. The van der Waals surface area contributed by atoms with Gasteiger partial charge in [0.25, 0.3) is 5.78 Å². The molecule has 1 amide bonds. The Morgan fingerprint density at radius 3 is 2.54 bits per heavy atom. The number of aromatic amines is 1. The first-order chi connectivity index (χ1) is 16.8. The number of carbonyl (C=O) groups is 2. The molecule has 1 aliphatic heterocycles. The molecule has 176 valence electrons. The summed E-state index contributed by atoms with van der Waals surface area (Å²) in [6, 6.07) is 16.7. The molecule has 1 atom stereocenters. The van der Waals surface area contributed by atoms with Crippen LogP contribution in [0.25, 0.3) is 16.8 Å². The number of imidazole rings is 1. The highest BCUT2D eigenvalue weighted by Gasteiger charge is 2.48. The van der Waals surface area contributed by atoms with E-state index in [0.717, 1.165) is 11.1 Å². The van der Waals surface area contributed by atoms with Gasteiger partial charge in [-0.05, 0) is 74.9 Å². The first-order valence-corrected chi connectivity index (χ1v) is 11.3. The normalized spacial score (nSPS) is 17.5. The number of amides is 1. The number of Topliss-reactive ketones (excluding diaryl/α,β-unsaturated/α-hetero) is 1. The summed E-state index contributed by atoms with van der Waals surface area (Å²) in [6.07, 6.45) is 1.58. The topological polar surface area (TPSA) is 108 Å². The first kappa shape index (κ1) is 22.3. The van der Waals surface area contributed by atoms with Gasteiger partial charge in [-0.25, -0.2) is 4.98 Å². The number of rotatable bonds is 5. The third kappa shape index (κ3) is 4.03. The molecule has 3 heterocycles. The summed E-state index contributed by atoms with van der Waals surface area (Å²) in [5, 5.41) is 11.2. The van der Waals surface area contributed by atoms with Gasteiger partial charge in [0, 0.05) is 11.8 Å². The monoisotopic (exact) mass is 468 g/mol. The summed E-state index contributed by atoms with van der Waals surface area (Å²) in [6.45, 7) is 5.79. The van der Waals surface area contributed by atoms with Crippen molar-refractivity contribution in [2.75, 3.05) is 4.90 Å². The number of H-pyrrole nitrogens is 1. The number of hydrogen-bond donors (Lipinski definition) is 2. The summed E-state index contributed by atoms with van der Waals surface area (Å²) in [4.78, 5) is 39.9.